The van der Waals surface area contributed by atoms with Gasteiger partial charge in [-0.15, -0.1) is 11.3 Å². The summed E-state index contributed by atoms with van der Waals surface area (Å²) in [6.07, 6.45) is 0. The molecule has 2 aromatic carbocycles. The predicted octanol–water partition coefficient (Wildman–Crippen LogP) is 3.62. The molecule has 0 radical (unpaired) electrons. The van der Waals surface area contributed by atoms with Crippen LogP contribution in [0.1, 0.15) is 23.1 Å². The van der Waals surface area contributed by atoms with Gasteiger partial charge in [0.25, 0.3) is 5.78 Å². The van der Waals surface area contributed by atoms with Gasteiger partial charge in [-0.2, -0.15) is 5.26 Å². The van der Waals surface area contributed by atoms with E-state index in [1.165, 1.54) is 0 Å². The second-order valence-corrected chi connectivity index (χ2v) is 6.73. The minimum absolute atomic E-state index is 0.0232. The van der Waals surface area contributed by atoms with E-state index in [9.17, 15) is 14.7 Å². The van der Waals surface area contributed by atoms with Gasteiger partial charge >= 0.3 is 5.97 Å². The van der Waals surface area contributed by atoms with E-state index in [2.05, 4.69) is 16.8 Å². The van der Waals surface area contributed by atoms with Crippen molar-refractivity contribution >= 4 is 38.9 Å². The third-order valence-electron chi connectivity index (χ3n) is 3.77. The van der Waals surface area contributed by atoms with Crippen LogP contribution in [0.15, 0.2) is 54.3 Å². The lowest BCUT2D eigenvalue weighted by molar-refractivity contribution is -0.150. The minimum Gasteiger partial charge on any atom is -0.500 e. The summed E-state index contributed by atoms with van der Waals surface area (Å²) in [5.74, 6) is 2.53. The number of thiazole rings is 1. The summed E-state index contributed by atoms with van der Waals surface area (Å²) in [5.41, 5.74) is 1.34. The number of ether oxygens (including phenoxy) is 1. The number of carbonyl (C=O) groups is 2. The highest BCUT2D eigenvalue weighted by Gasteiger charge is 2.28. The molecule has 0 fully saturated rings. The van der Waals surface area contributed by atoms with Gasteiger partial charge in [-0.3, -0.25) is 4.79 Å². The first-order valence-electron chi connectivity index (χ1n) is 8.56. The quantitative estimate of drug-likeness (QED) is 0.235. The molecule has 1 heterocycles. The predicted molar refractivity (Wildman–Crippen MR) is 109 cm³/mol. The molecule has 6 nitrogen and oxygen atoms in total. The molecule has 1 N–H and O–H groups in total. The van der Waals surface area contributed by atoms with Crippen molar-refractivity contribution in [1.29, 1.82) is 5.26 Å². The Bertz CT molecular complexity index is 1190. The fraction of sp³-hybridized carbons (Fsp3) is 0.0909. The maximum Gasteiger partial charge on any atom is 0.379 e. The number of aliphatic hydroxyl groups is 1. The highest BCUT2D eigenvalue weighted by molar-refractivity contribution is 7.20. The molecule has 0 saturated carbocycles. The number of fused-ring (bicyclic) bond motifs is 1. The average Bonchev–Trinajstić information content (AvgIpc) is 3.16. The first-order chi connectivity index (χ1) is 14.0. The highest BCUT2D eigenvalue weighted by atomic mass is 32.1. The van der Waals surface area contributed by atoms with Crippen molar-refractivity contribution in [2.75, 3.05) is 6.61 Å². The topological polar surface area (TPSA) is 100 Å². The van der Waals surface area contributed by atoms with Crippen LogP contribution in [-0.4, -0.2) is 28.4 Å². The summed E-state index contributed by atoms with van der Waals surface area (Å²) < 4.78 is 5.58. The Morgan fingerprint density at radius 1 is 1.14 bits per heavy atom. The third-order valence-corrected chi connectivity index (χ3v) is 4.83. The summed E-state index contributed by atoms with van der Waals surface area (Å²) in [4.78, 5) is 29.0. The maximum atomic E-state index is 12.6. The first-order valence-corrected chi connectivity index (χ1v) is 9.38. The van der Waals surface area contributed by atoms with E-state index < -0.39 is 17.5 Å². The van der Waals surface area contributed by atoms with Crippen LogP contribution in [0.3, 0.4) is 0 Å². The van der Waals surface area contributed by atoms with E-state index >= 15 is 0 Å². The van der Waals surface area contributed by atoms with Crippen LogP contribution in [0.25, 0.3) is 15.8 Å². The zero-order valence-corrected chi connectivity index (χ0v) is 16.1. The van der Waals surface area contributed by atoms with E-state index in [1.54, 1.807) is 43.3 Å². The summed E-state index contributed by atoms with van der Waals surface area (Å²) >= 11 is 1.16. The fourth-order valence-corrected chi connectivity index (χ4v) is 3.41. The monoisotopic (exact) mass is 402 g/mol. The first kappa shape index (κ1) is 19.8. The Morgan fingerprint density at radius 2 is 1.83 bits per heavy atom. The number of hydrogen-bond acceptors (Lipinski definition) is 7. The average molecular weight is 402 g/mol. The number of benzene rings is 2. The van der Waals surface area contributed by atoms with Gasteiger partial charge in [-0.25, -0.2) is 9.78 Å². The summed E-state index contributed by atoms with van der Waals surface area (Å²) in [6, 6.07) is 15.6. The van der Waals surface area contributed by atoms with E-state index in [-0.39, 0.29) is 17.2 Å². The van der Waals surface area contributed by atoms with Crippen molar-refractivity contribution in [3.63, 3.8) is 0 Å². The van der Waals surface area contributed by atoms with Crippen LogP contribution >= 0.6 is 11.3 Å². The molecule has 142 valence electrons. The minimum atomic E-state index is -1.09. The molecule has 0 aliphatic carbocycles. The molecule has 0 spiro atoms. The molecule has 0 aliphatic rings. The molecule has 3 rings (SSSR count). The standard InChI is InChI=1S/C22H14N2O4S/c1-2-28-22(27)20(26)19(21-24-16-5-3-4-6-18(16)29-21)17(25)12-11-14-7-9-15(13-23)10-8-14/h3-10,25H,2H2,1H3/b19-17-. The van der Waals surface area contributed by atoms with Crippen LogP contribution < -0.4 is 0 Å². The number of aromatic nitrogens is 1. The van der Waals surface area contributed by atoms with Crippen molar-refractivity contribution in [2.24, 2.45) is 0 Å². The maximum absolute atomic E-state index is 12.6. The second kappa shape index (κ2) is 8.83. The van der Waals surface area contributed by atoms with Crippen molar-refractivity contribution in [3.8, 4) is 17.9 Å². The zero-order valence-electron chi connectivity index (χ0n) is 15.3. The number of carbonyl (C=O) groups excluding carboxylic acids is 2. The molecule has 1 aromatic heterocycles. The van der Waals surface area contributed by atoms with Gasteiger partial charge in [0.05, 0.1) is 28.5 Å². The number of nitriles is 1. The Hall–Kier alpha value is -3.94. The van der Waals surface area contributed by atoms with Gasteiger partial charge in [0, 0.05) is 5.56 Å². The zero-order chi connectivity index (χ0) is 20.8. The largest absolute Gasteiger partial charge is 0.500 e. The van der Waals surface area contributed by atoms with Crippen LogP contribution in [0.4, 0.5) is 0 Å². The molecular weight excluding hydrogens is 388 g/mol. The second-order valence-electron chi connectivity index (χ2n) is 5.70. The summed E-state index contributed by atoms with van der Waals surface area (Å²) in [5, 5.41) is 19.5. The molecular formula is C22H14N2O4S. The lowest BCUT2D eigenvalue weighted by Crippen LogP contribution is -2.19. The van der Waals surface area contributed by atoms with Crippen LogP contribution in [-0.2, 0) is 14.3 Å². The van der Waals surface area contributed by atoms with E-state index in [1.807, 2.05) is 18.2 Å². The van der Waals surface area contributed by atoms with Gasteiger partial charge in [-0.1, -0.05) is 18.1 Å². The molecule has 0 unspecified atom stereocenters. The van der Waals surface area contributed by atoms with E-state index in [0.29, 0.717) is 16.6 Å². The molecule has 0 atom stereocenters. The Balaban J connectivity index is 2.08. The number of nitrogens with zero attached hydrogens (tertiary/aromatic N) is 2. The number of hydrogen-bond donors (Lipinski definition) is 1. The number of Topliss-reactive ketones (excluding diaryl/α,β-unsaturated/α-hetero) is 1. The highest BCUT2D eigenvalue weighted by Crippen LogP contribution is 2.29. The molecule has 0 amide bonds. The molecule has 7 heteroatoms. The van der Waals surface area contributed by atoms with Gasteiger partial charge in [0.1, 0.15) is 10.6 Å². The number of allylic oxidation sites excluding steroid dienone is 1. The fourth-order valence-electron chi connectivity index (χ4n) is 2.41. The Labute approximate surface area is 170 Å². The smallest absolute Gasteiger partial charge is 0.379 e. The third kappa shape index (κ3) is 4.49. The summed E-state index contributed by atoms with van der Waals surface area (Å²) in [6.45, 7) is 1.60. The van der Waals surface area contributed by atoms with Gasteiger partial charge in [0.15, 0.2) is 5.76 Å². The van der Waals surface area contributed by atoms with Crippen LogP contribution in [0.5, 0.6) is 0 Å². The normalized spacial score (nSPS) is 11.0. The number of esters is 1. The number of aliphatic hydroxyl groups excluding tert-OH is 1. The van der Waals surface area contributed by atoms with Gasteiger partial charge in [-0.05, 0) is 49.2 Å². The van der Waals surface area contributed by atoms with E-state index in [0.717, 1.165) is 16.0 Å². The van der Waals surface area contributed by atoms with Crippen molar-refractivity contribution in [2.45, 2.75) is 6.92 Å². The van der Waals surface area contributed by atoms with Gasteiger partial charge in [0.2, 0.25) is 0 Å². The molecule has 0 saturated heterocycles. The lowest BCUT2D eigenvalue weighted by Gasteiger charge is -2.04. The Kier molecular flexibility index (Phi) is 6.03. The SMILES string of the molecule is CCOC(=O)C(=O)/C(=C(/O)C#Cc1ccc(C#N)cc1)c1nc2ccccc2s1. The van der Waals surface area contributed by atoms with Crippen molar-refractivity contribution in [1.82, 2.24) is 4.98 Å². The van der Waals surface area contributed by atoms with Crippen molar-refractivity contribution in [3.05, 3.63) is 70.4 Å². The van der Waals surface area contributed by atoms with E-state index in [4.69, 9.17) is 10.00 Å². The number of rotatable bonds is 4. The molecule has 0 bridgehead atoms. The van der Waals surface area contributed by atoms with Crippen molar-refractivity contribution < 1.29 is 19.4 Å². The molecule has 0 aliphatic heterocycles. The number of ketones is 1. The molecule has 29 heavy (non-hydrogen) atoms. The number of para-hydroxylation sites is 1. The lowest BCUT2D eigenvalue weighted by atomic mass is 10.1. The van der Waals surface area contributed by atoms with Crippen LogP contribution in [0.2, 0.25) is 0 Å². The Morgan fingerprint density at radius 3 is 2.48 bits per heavy atom. The van der Waals surface area contributed by atoms with Gasteiger partial charge < -0.3 is 9.84 Å². The molecule has 3 aromatic rings. The summed E-state index contributed by atoms with van der Waals surface area (Å²) in [7, 11) is 0. The van der Waals surface area contributed by atoms with Crippen LogP contribution in [0, 0.1) is 23.2 Å².